The van der Waals surface area contributed by atoms with Crippen LogP contribution in [-0.2, 0) is 12.8 Å². The molecular formula is C14H22N2. The van der Waals surface area contributed by atoms with E-state index < -0.39 is 0 Å². The highest BCUT2D eigenvalue weighted by Gasteiger charge is 2.12. The van der Waals surface area contributed by atoms with Crippen LogP contribution in [0, 0.1) is 0 Å². The van der Waals surface area contributed by atoms with E-state index >= 15 is 0 Å². The maximum atomic E-state index is 3.40. The summed E-state index contributed by atoms with van der Waals surface area (Å²) in [5.41, 5.74) is 7.92. The second-order valence-electron chi connectivity index (χ2n) is 4.98. The van der Waals surface area contributed by atoms with Crippen LogP contribution < -0.4 is 5.43 Å². The number of aryl methyl sites for hydroxylation is 2. The summed E-state index contributed by atoms with van der Waals surface area (Å²) in [7, 11) is 4.07. The van der Waals surface area contributed by atoms with Crippen LogP contribution in [0.2, 0.25) is 0 Å². The van der Waals surface area contributed by atoms with Gasteiger partial charge in [-0.2, -0.15) is 0 Å². The van der Waals surface area contributed by atoms with E-state index in [9.17, 15) is 0 Å². The molecule has 1 aromatic carbocycles. The van der Waals surface area contributed by atoms with Gasteiger partial charge in [-0.05, 0) is 49.3 Å². The standard InChI is InChI=1S/C14H22N2/c1-11(15-16(2)3)13-9-8-12-6-4-5-7-14(12)10-13/h8-11,15H,4-7H2,1-3H3. The van der Waals surface area contributed by atoms with Gasteiger partial charge in [-0.15, -0.1) is 0 Å². The van der Waals surface area contributed by atoms with Gasteiger partial charge in [0.05, 0.1) is 0 Å². The van der Waals surface area contributed by atoms with Crippen LogP contribution in [0.1, 0.15) is 42.5 Å². The number of hydrogen-bond donors (Lipinski definition) is 1. The Kier molecular flexibility index (Phi) is 3.62. The van der Waals surface area contributed by atoms with Gasteiger partial charge in [0.2, 0.25) is 0 Å². The second-order valence-corrected chi connectivity index (χ2v) is 4.98. The fraction of sp³-hybridized carbons (Fsp3) is 0.571. The molecule has 0 radical (unpaired) electrons. The van der Waals surface area contributed by atoms with Gasteiger partial charge >= 0.3 is 0 Å². The van der Waals surface area contributed by atoms with Gasteiger partial charge in [-0.1, -0.05) is 18.2 Å². The SMILES string of the molecule is CC(NN(C)C)c1ccc2c(c1)CCCC2. The predicted molar refractivity (Wildman–Crippen MR) is 68.3 cm³/mol. The molecule has 0 aromatic heterocycles. The van der Waals surface area contributed by atoms with Crippen molar-refractivity contribution < 1.29 is 0 Å². The fourth-order valence-corrected chi connectivity index (χ4v) is 2.48. The Balaban J connectivity index is 2.16. The van der Waals surface area contributed by atoms with E-state index in [0.717, 1.165) is 0 Å². The van der Waals surface area contributed by atoms with Gasteiger partial charge < -0.3 is 0 Å². The molecule has 1 unspecified atom stereocenters. The molecule has 1 aromatic rings. The van der Waals surface area contributed by atoms with Gasteiger partial charge in [0.15, 0.2) is 0 Å². The topological polar surface area (TPSA) is 15.3 Å². The van der Waals surface area contributed by atoms with Crippen LogP contribution >= 0.6 is 0 Å². The molecule has 88 valence electrons. The van der Waals surface area contributed by atoms with Crippen LogP contribution in [-0.4, -0.2) is 19.1 Å². The lowest BCUT2D eigenvalue weighted by molar-refractivity contribution is 0.252. The number of hydrazine groups is 1. The van der Waals surface area contributed by atoms with Crippen molar-refractivity contribution in [3.63, 3.8) is 0 Å². The summed E-state index contributed by atoms with van der Waals surface area (Å²) in [6.07, 6.45) is 5.24. The Hall–Kier alpha value is -0.860. The Morgan fingerprint density at radius 1 is 1.12 bits per heavy atom. The molecule has 1 N–H and O–H groups in total. The van der Waals surface area contributed by atoms with Gasteiger partial charge in [-0.3, -0.25) is 5.01 Å². The smallest absolute Gasteiger partial charge is 0.0436 e. The Labute approximate surface area is 98.6 Å². The number of rotatable bonds is 3. The second kappa shape index (κ2) is 4.98. The highest BCUT2D eigenvalue weighted by atomic mass is 15.5. The molecule has 0 fully saturated rings. The fourth-order valence-electron chi connectivity index (χ4n) is 2.48. The number of nitrogens with zero attached hydrogens (tertiary/aromatic N) is 1. The van der Waals surface area contributed by atoms with Crippen molar-refractivity contribution >= 4 is 0 Å². The van der Waals surface area contributed by atoms with Crippen LogP contribution in [0.3, 0.4) is 0 Å². The van der Waals surface area contributed by atoms with E-state index in [1.807, 2.05) is 19.1 Å². The largest absolute Gasteiger partial charge is 0.250 e. The third-order valence-corrected chi connectivity index (χ3v) is 3.32. The number of benzene rings is 1. The van der Waals surface area contributed by atoms with Gasteiger partial charge in [0, 0.05) is 20.1 Å². The summed E-state index contributed by atoms with van der Waals surface area (Å²) in [6.45, 7) is 2.21. The van der Waals surface area contributed by atoms with Crippen molar-refractivity contribution in [2.75, 3.05) is 14.1 Å². The van der Waals surface area contributed by atoms with Gasteiger partial charge in [0.1, 0.15) is 0 Å². The predicted octanol–water partition coefficient (Wildman–Crippen LogP) is 2.69. The van der Waals surface area contributed by atoms with Crippen LogP contribution in [0.4, 0.5) is 0 Å². The van der Waals surface area contributed by atoms with E-state index in [1.54, 1.807) is 11.1 Å². The zero-order valence-electron chi connectivity index (χ0n) is 10.6. The molecule has 0 aliphatic heterocycles. The molecule has 0 spiro atoms. The molecular weight excluding hydrogens is 196 g/mol. The first-order chi connectivity index (χ1) is 7.66. The number of hydrogen-bond acceptors (Lipinski definition) is 2. The molecule has 0 bridgehead atoms. The van der Waals surface area contributed by atoms with E-state index in [-0.39, 0.29) is 0 Å². The summed E-state index contributed by atoms with van der Waals surface area (Å²) in [4.78, 5) is 0. The van der Waals surface area contributed by atoms with Crippen LogP contribution in [0.15, 0.2) is 18.2 Å². The third-order valence-electron chi connectivity index (χ3n) is 3.32. The maximum Gasteiger partial charge on any atom is 0.0436 e. The summed E-state index contributed by atoms with van der Waals surface area (Å²) < 4.78 is 0. The quantitative estimate of drug-likeness (QED) is 0.785. The lowest BCUT2D eigenvalue weighted by Gasteiger charge is -2.22. The lowest BCUT2D eigenvalue weighted by atomic mass is 9.89. The molecule has 0 saturated carbocycles. The Bertz CT molecular complexity index is 358. The van der Waals surface area contributed by atoms with Crippen molar-refractivity contribution in [1.82, 2.24) is 10.4 Å². The van der Waals surface area contributed by atoms with E-state index in [2.05, 4.69) is 30.5 Å². The molecule has 2 rings (SSSR count). The summed E-state index contributed by atoms with van der Waals surface area (Å²) >= 11 is 0. The van der Waals surface area contributed by atoms with Gasteiger partial charge in [-0.25, -0.2) is 5.43 Å². The summed E-state index contributed by atoms with van der Waals surface area (Å²) in [6, 6.07) is 7.36. The minimum Gasteiger partial charge on any atom is -0.250 e. The third kappa shape index (κ3) is 2.63. The molecule has 1 aliphatic rings. The molecule has 2 nitrogen and oxygen atoms in total. The Morgan fingerprint density at radius 2 is 1.81 bits per heavy atom. The first-order valence-corrected chi connectivity index (χ1v) is 6.22. The Morgan fingerprint density at radius 3 is 2.50 bits per heavy atom. The average Bonchev–Trinajstić information content (AvgIpc) is 2.27. The van der Waals surface area contributed by atoms with E-state index in [4.69, 9.17) is 0 Å². The number of nitrogens with one attached hydrogen (secondary N) is 1. The molecule has 1 atom stereocenters. The molecule has 0 heterocycles. The van der Waals surface area contributed by atoms with Gasteiger partial charge in [0.25, 0.3) is 0 Å². The monoisotopic (exact) mass is 218 g/mol. The maximum absolute atomic E-state index is 3.40. The molecule has 0 saturated heterocycles. The molecule has 2 heteroatoms. The average molecular weight is 218 g/mol. The van der Waals surface area contributed by atoms with E-state index in [0.29, 0.717) is 6.04 Å². The van der Waals surface area contributed by atoms with Crippen molar-refractivity contribution in [2.45, 2.75) is 38.6 Å². The minimum absolute atomic E-state index is 0.391. The van der Waals surface area contributed by atoms with Crippen molar-refractivity contribution in [3.8, 4) is 0 Å². The summed E-state index contributed by atoms with van der Waals surface area (Å²) in [5, 5.41) is 2.02. The minimum atomic E-state index is 0.391. The van der Waals surface area contributed by atoms with Crippen molar-refractivity contribution in [1.29, 1.82) is 0 Å². The zero-order valence-corrected chi connectivity index (χ0v) is 10.6. The first kappa shape index (κ1) is 11.6. The number of fused-ring (bicyclic) bond motifs is 1. The highest BCUT2D eigenvalue weighted by molar-refractivity contribution is 5.34. The van der Waals surface area contributed by atoms with E-state index in [1.165, 1.54) is 31.2 Å². The molecule has 0 amide bonds. The normalized spacial score (nSPS) is 17.2. The zero-order chi connectivity index (χ0) is 11.5. The lowest BCUT2D eigenvalue weighted by Crippen LogP contribution is -2.32. The highest BCUT2D eigenvalue weighted by Crippen LogP contribution is 2.24. The molecule has 16 heavy (non-hydrogen) atoms. The summed E-state index contributed by atoms with van der Waals surface area (Å²) in [5.74, 6) is 0. The molecule has 1 aliphatic carbocycles. The van der Waals surface area contributed by atoms with Crippen LogP contribution in [0.5, 0.6) is 0 Å². The first-order valence-electron chi connectivity index (χ1n) is 6.22. The van der Waals surface area contributed by atoms with Crippen molar-refractivity contribution in [2.24, 2.45) is 0 Å². The van der Waals surface area contributed by atoms with Crippen molar-refractivity contribution in [3.05, 3.63) is 34.9 Å². The van der Waals surface area contributed by atoms with Crippen LogP contribution in [0.25, 0.3) is 0 Å².